The van der Waals surface area contributed by atoms with Crippen molar-refractivity contribution in [1.29, 1.82) is 5.41 Å². The molecule has 0 rings (SSSR count). The number of nitrogens with one attached hydrogen (secondary N) is 1. The van der Waals surface area contributed by atoms with Crippen LogP contribution in [0.1, 0.15) is 13.8 Å². The number of nitrogens with two attached hydrogens (primary N) is 2. The van der Waals surface area contributed by atoms with Gasteiger partial charge in [-0.25, -0.2) is 4.99 Å². The second-order valence-electron chi connectivity index (χ2n) is 1.88. The van der Waals surface area contributed by atoms with Gasteiger partial charge in [-0.1, -0.05) is 0 Å². The molecule has 4 nitrogen and oxygen atoms in total. The Morgan fingerprint density at radius 2 is 2.11 bits per heavy atom. The lowest BCUT2D eigenvalue weighted by molar-refractivity contribution is 0.793. The van der Waals surface area contributed by atoms with Crippen molar-refractivity contribution in [3.63, 3.8) is 0 Å². The molecule has 0 aromatic rings. The van der Waals surface area contributed by atoms with Crippen LogP contribution >= 0.6 is 0 Å². The molecule has 0 aromatic heterocycles. The van der Waals surface area contributed by atoms with E-state index in [1.165, 1.54) is 0 Å². The first-order valence-electron chi connectivity index (χ1n) is 2.68. The monoisotopic (exact) mass is 128 g/mol. The standard InChI is InChI=1S/C5H12N4/c1-3(6)5(8)9-4(2)7/h4,6H,7H2,1-2H3,(H2,8,9). The fourth-order valence-corrected chi connectivity index (χ4v) is 0.316. The van der Waals surface area contributed by atoms with Crippen LogP contribution in [0.4, 0.5) is 0 Å². The molecule has 0 aliphatic heterocycles. The third-order valence-corrected chi connectivity index (χ3v) is 0.727. The molecule has 0 saturated heterocycles. The van der Waals surface area contributed by atoms with Gasteiger partial charge in [-0.3, -0.25) is 0 Å². The smallest absolute Gasteiger partial charge is 0.140 e. The van der Waals surface area contributed by atoms with E-state index in [2.05, 4.69) is 4.99 Å². The fourth-order valence-electron chi connectivity index (χ4n) is 0.316. The van der Waals surface area contributed by atoms with Crippen LogP contribution in [0.25, 0.3) is 0 Å². The largest absolute Gasteiger partial charge is 0.382 e. The predicted octanol–water partition coefficient (Wildman–Crippen LogP) is -0.312. The first kappa shape index (κ1) is 8.10. The summed E-state index contributed by atoms with van der Waals surface area (Å²) in [6, 6.07) is 0. The van der Waals surface area contributed by atoms with Crippen molar-refractivity contribution < 1.29 is 0 Å². The summed E-state index contributed by atoms with van der Waals surface area (Å²) in [6.45, 7) is 3.27. The molecular weight excluding hydrogens is 116 g/mol. The molecule has 5 N–H and O–H groups in total. The zero-order valence-corrected chi connectivity index (χ0v) is 5.68. The molecular formula is C5H12N4. The molecule has 0 fully saturated rings. The molecule has 0 heterocycles. The minimum atomic E-state index is -0.315. The Labute approximate surface area is 54.5 Å². The van der Waals surface area contributed by atoms with Gasteiger partial charge in [-0.15, -0.1) is 0 Å². The third-order valence-electron chi connectivity index (χ3n) is 0.727. The van der Waals surface area contributed by atoms with Crippen molar-refractivity contribution in [3.8, 4) is 0 Å². The Morgan fingerprint density at radius 1 is 1.67 bits per heavy atom. The first-order chi connectivity index (χ1) is 4.04. The van der Waals surface area contributed by atoms with Gasteiger partial charge in [0.15, 0.2) is 0 Å². The van der Waals surface area contributed by atoms with E-state index >= 15 is 0 Å². The van der Waals surface area contributed by atoms with E-state index < -0.39 is 0 Å². The lowest BCUT2D eigenvalue weighted by Gasteiger charge is -1.98. The zero-order valence-electron chi connectivity index (χ0n) is 5.68. The Balaban J connectivity index is 4.00. The minimum Gasteiger partial charge on any atom is -0.382 e. The van der Waals surface area contributed by atoms with Crippen LogP contribution in [0.2, 0.25) is 0 Å². The second-order valence-corrected chi connectivity index (χ2v) is 1.88. The molecule has 0 aliphatic rings. The van der Waals surface area contributed by atoms with E-state index in [0.717, 1.165) is 0 Å². The van der Waals surface area contributed by atoms with Gasteiger partial charge in [0, 0.05) is 0 Å². The Kier molecular flexibility index (Phi) is 2.87. The Hall–Kier alpha value is -0.900. The highest BCUT2D eigenvalue weighted by atomic mass is 15.0. The summed E-state index contributed by atoms with van der Waals surface area (Å²) in [5.74, 6) is 0.213. The van der Waals surface area contributed by atoms with Crippen LogP contribution in [-0.2, 0) is 0 Å². The molecule has 1 atom stereocenters. The van der Waals surface area contributed by atoms with Crippen molar-refractivity contribution in [3.05, 3.63) is 0 Å². The second kappa shape index (κ2) is 3.19. The lowest BCUT2D eigenvalue weighted by atomic mass is 10.4. The number of aliphatic imine (C=N–C) groups is 1. The number of hydrogen-bond donors (Lipinski definition) is 3. The summed E-state index contributed by atoms with van der Waals surface area (Å²) in [4.78, 5) is 3.72. The maximum absolute atomic E-state index is 6.98. The molecule has 4 heteroatoms. The van der Waals surface area contributed by atoms with Crippen LogP contribution in [0, 0.1) is 5.41 Å². The maximum Gasteiger partial charge on any atom is 0.140 e. The van der Waals surface area contributed by atoms with Crippen molar-refractivity contribution in [2.45, 2.75) is 20.0 Å². The summed E-state index contributed by atoms with van der Waals surface area (Å²) >= 11 is 0. The normalized spacial score (nSPS) is 15.2. The Morgan fingerprint density at radius 3 is 2.22 bits per heavy atom. The number of hydrogen-bond acceptors (Lipinski definition) is 3. The van der Waals surface area contributed by atoms with Crippen LogP contribution in [-0.4, -0.2) is 17.7 Å². The molecule has 0 aromatic carbocycles. The highest BCUT2D eigenvalue weighted by Gasteiger charge is 1.94. The Bertz CT molecular complexity index is 136. The number of rotatable bonds is 2. The quantitative estimate of drug-likeness (QED) is 0.352. The predicted molar refractivity (Wildman–Crippen MR) is 38.7 cm³/mol. The molecule has 0 radical (unpaired) electrons. The highest BCUT2D eigenvalue weighted by molar-refractivity contribution is 6.38. The van der Waals surface area contributed by atoms with Crippen molar-refractivity contribution in [1.82, 2.24) is 0 Å². The van der Waals surface area contributed by atoms with Crippen LogP contribution in [0.15, 0.2) is 4.99 Å². The molecule has 0 amide bonds. The molecule has 0 saturated carbocycles. The van der Waals surface area contributed by atoms with Crippen molar-refractivity contribution >= 4 is 11.5 Å². The topological polar surface area (TPSA) is 88.2 Å². The SMILES string of the molecule is CC(=N)C(N)=NC(C)N. The minimum absolute atomic E-state index is 0.213. The van der Waals surface area contributed by atoms with Crippen molar-refractivity contribution in [2.75, 3.05) is 0 Å². The van der Waals surface area contributed by atoms with E-state index in [-0.39, 0.29) is 17.7 Å². The first-order valence-corrected chi connectivity index (χ1v) is 2.68. The van der Waals surface area contributed by atoms with Gasteiger partial charge in [0.1, 0.15) is 5.84 Å². The number of amidine groups is 1. The van der Waals surface area contributed by atoms with Gasteiger partial charge < -0.3 is 16.9 Å². The summed E-state index contributed by atoms with van der Waals surface area (Å²) in [6.07, 6.45) is -0.315. The molecule has 1 unspecified atom stereocenters. The molecule has 0 aliphatic carbocycles. The zero-order chi connectivity index (χ0) is 7.44. The van der Waals surface area contributed by atoms with Crippen molar-refractivity contribution in [2.24, 2.45) is 16.5 Å². The summed E-state index contributed by atoms with van der Waals surface area (Å²) in [5.41, 5.74) is 10.8. The maximum atomic E-state index is 6.98. The molecule has 9 heavy (non-hydrogen) atoms. The molecule has 0 spiro atoms. The van der Waals surface area contributed by atoms with Gasteiger partial charge in [-0.2, -0.15) is 0 Å². The van der Waals surface area contributed by atoms with E-state index in [1.807, 2.05) is 0 Å². The van der Waals surface area contributed by atoms with E-state index in [9.17, 15) is 0 Å². The summed E-state index contributed by atoms with van der Waals surface area (Å²) in [7, 11) is 0. The average Bonchev–Trinajstić information content (AvgIpc) is 1.63. The molecule has 52 valence electrons. The van der Waals surface area contributed by atoms with Crippen LogP contribution < -0.4 is 11.5 Å². The van der Waals surface area contributed by atoms with Gasteiger partial charge >= 0.3 is 0 Å². The van der Waals surface area contributed by atoms with Gasteiger partial charge in [0.2, 0.25) is 0 Å². The van der Waals surface area contributed by atoms with Crippen LogP contribution in [0.5, 0.6) is 0 Å². The van der Waals surface area contributed by atoms with E-state index in [1.54, 1.807) is 13.8 Å². The average molecular weight is 128 g/mol. The summed E-state index contributed by atoms with van der Waals surface area (Å²) < 4.78 is 0. The highest BCUT2D eigenvalue weighted by Crippen LogP contribution is 1.78. The van der Waals surface area contributed by atoms with Crippen LogP contribution in [0.3, 0.4) is 0 Å². The summed E-state index contributed by atoms with van der Waals surface area (Å²) in [5, 5.41) is 6.98. The lowest BCUT2D eigenvalue weighted by Crippen LogP contribution is -2.25. The van der Waals surface area contributed by atoms with Gasteiger partial charge in [0.05, 0.1) is 11.9 Å². The van der Waals surface area contributed by atoms with E-state index in [0.29, 0.717) is 0 Å². The molecule has 0 bridgehead atoms. The number of nitrogens with zero attached hydrogens (tertiary/aromatic N) is 1. The third kappa shape index (κ3) is 3.66. The van der Waals surface area contributed by atoms with Gasteiger partial charge in [-0.05, 0) is 13.8 Å². The van der Waals surface area contributed by atoms with Gasteiger partial charge in [0.25, 0.3) is 0 Å². The van der Waals surface area contributed by atoms with E-state index in [4.69, 9.17) is 16.9 Å². The fraction of sp³-hybridized carbons (Fsp3) is 0.600.